The molecule has 3 nitrogen and oxygen atoms in total. The molecule has 0 bridgehead atoms. The maximum Gasteiger partial charge on any atom is 0.138 e. The first-order valence-corrected chi connectivity index (χ1v) is 4.46. The predicted octanol–water partition coefficient (Wildman–Crippen LogP) is 0.322. The van der Waals surface area contributed by atoms with E-state index in [4.69, 9.17) is 16.3 Å². The highest BCUT2D eigenvalue weighted by Gasteiger charge is 2.05. The van der Waals surface area contributed by atoms with Crippen LogP contribution in [0.5, 0.6) is 5.75 Å². The van der Waals surface area contributed by atoms with Crippen LogP contribution in [0.25, 0.3) is 0 Å². The van der Waals surface area contributed by atoms with Crippen LogP contribution in [0.15, 0.2) is 24.3 Å². The fourth-order valence-electron chi connectivity index (χ4n) is 0.831. The van der Waals surface area contributed by atoms with Crippen LogP contribution in [-0.2, 0) is 0 Å². The molecule has 1 atom stereocenters. The van der Waals surface area contributed by atoms with E-state index in [0.717, 1.165) is 0 Å². The lowest BCUT2D eigenvalue weighted by Crippen LogP contribution is -2.56. The van der Waals surface area contributed by atoms with Gasteiger partial charge in [0.25, 0.3) is 0 Å². The molecule has 72 valence electrons. The van der Waals surface area contributed by atoms with E-state index in [1.54, 1.807) is 12.1 Å². The number of para-hydroxylation sites is 1. The Balaban J connectivity index is 2.50. The maximum atomic E-state index is 9.18. The van der Waals surface area contributed by atoms with Crippen molar-refractivity contribution in [3.63, 3.8) is 0 Å². The summed E-state index contributed by atoms with van der Waals surface area (Å²) in [6.45, 7) is 0.664. The molecule has 4 heteroatoms. The number of halogens is 1. The summed E-state index contributed by atoms with van der Waals surface area (Å²) in [7, 11) is 0. The van der Waals surface area contributed by atoms with Crippen LogP contribution in [0.4, 0.5) is 0 Å². The monoisotopic (exact) mass is 202 g/mol. The van der Waals surface area contributed by atoms with Crippen LogP contribution in [0.2, 0.25) is 5.02 Å². The van der Waals surface area contributed by atoms with E-state index in [0.29, 0.717) is 17.3 Å². The highest BCUT2D eigenvalue weighted by molar-refractivity contribution is 6.32. The number of hydrogen-bond donors (Lipinski definition) is 2. The van der Waals surface area contributed by atoms with Crippen LogP contribution in [0.1, 0.15) is 0 Å². The van der Waals surface area contributed by atoms with E-state index in [1.807, 2.05) is 12.1 Å². The van der Waals surface area contributed by atoms with E-state index in [2.05, 4.69) is 5.73 Å². The number of hydrogen-bond acceptors (Lipinski definition) is 2. The van der Waals surface area contributed by atoms with Crippen molar-refractivity contribution in [1.82, 2.24) is 0 Å². The summed E-state index contributed by atoms with van der Waals surface area (Å²) in [5.41, 5.74) is 3.56. The van der Waals surface area contributed by atoms with E-state index in [-0.39, 0.29) is 6.61 Å². The van der Waals surface area contributed by atoms with Crippen LogP contribution in [0.3, 0.4) is 0 Å². The molecule has 0 spiro atoms. The first-order valence-electron chi connectivity index (χ1n) is 4.08. The highest BCUT2D eigenvalue weighted by Crippen LogP contribution is 2.22. The fourth-order valence-corrected chi connectivity index (χ4v) is 1.02. The summed E-state index contributed by atoms with van der Waals surface area (Å²) < 4.78 is 5.27. The van der Waals surface area contributed by atoms with Gasteiger partial charge in [-0.2, -0.15) is 0 Å². The van der Waals surface area contributed by atoms with Crippen LogP contribution < -0.4 is 10.5 Å². The van der Waals surface area contributed by atoms with E-state index in [9.17, 15) is 5.11 Å². The number of quaternary nitrogens is 1. The second-order valence-corrected chi connectivity index (χ2v) is 3.09. The topological polar surface area (TPSA) is 57.1 Å². The fraction of sp³-hybridized carbons (Fsp3) is 0.333. The van der Waals surface area contributed by atoms with Gasteiger partial charge in [0.05, 0.1) is 5.02 Å². The normalized spacial score (nSPS) is 12.5. The summed E-state index contributed by atoms with van der Waals surface area (Å²) in [6.07, 6.45) is -0.531. The van der Waals surface area contributed by atoms with Crippen LogP contribution >= 0.6 is 11.6 Å². The number of benzene rings is 1. The first kappa shape index (κ1) is 10.3. The second-order valence-electron chi connectivity index (χ2n) is 2.68. The molecule has 0 radical (unpaired) electrons. The van der Waals surface area contributed by atoms with E-state index < -0.39 is 6.10 Å². The molecule has 1 aromatic carbocycles. The van der Waals surface area contributed by atoms with Crippen molar-refractivity contribution in [3.05, 3.63) is 29.3 Å². The zero-order valence-corrected chi connectivity index (χ0v) is 8.00. The van der Waals surface area contributed by atoms with Gasteiger partial charge < -0.3 is 15.6 Å². The summed E-state index contributed by atoms with van der Waals surface area (Å²) in [5, 5.41) is 9.73. The standard InChI is InChI=1S/C9H12ClNO2/c10-8-3-1-2-4-9(8)13-6-7(12)5-11/h1-4,7,12H,5-6,11H2/p+1/t7-/m1/s1. The Morgan fingerprint density at radius 1 is 1.46 bits per heavy atom. The molecule has 0 aromatic heterocycles. The highest BCUT2D eigenvalue weighted by atomic mass is 35.5. The summed E-state index contributed by atoms with van der Waals surface area (Å²) in [4.78, 5) is 0. The molecule has 0 unspecified atom stereocenters. The zero-order valence-electron chi connectivity index (χ0n) is 7.24. The van der Waals surface area contributed by atoms with Gasteiger partial charge in [-0.15, -0.1) is 0 Å². The quantitative estimate of drug-likeness (QED) is 0.739. The number of ether oxygens (including phenoxy) is 1. The molecule has 4 N–H and O–H groups in total. The van der Waals surface area contributed by atoms with E-state index in [1.165, 1.54) is 0 Å². The van der Waals surface area contributed by atoms with Gasteiger partial charge in [-0.25, -0.2) is 0 Å². The van der Waals surface area contributed by atoms with Crippen molar-refractivity contribution in [2.45, 2.75) is 6.10 Å². The molecule has 1 aromatic rings. The van der Waals surface area contributed by atoms with Gasteiger partial charge in [0.15, 0.2) is 0 Å². The van der Waals surface area contributed by atoms with Crippen LogP contribution in [0, 0.1) is 0 Å². The molecule has 0 fully saturated rings. The third kappa shape index (κ3) is 3.22. The van der Waals surface area contributed by atoms with Gasteiger partial charge in [0.2, 0.25) is 0 Å². The van der Waals surface area contributed by atoms with Crippen molar-refractivity contribution < 1.29 is 15.6 Å². The zero-order chi connectivity index (χ0) is 9.68. The van der Waals surface area contributed by atoms with Gasteiger partial charge in [-0.1, -0.05) is 23.7 Å². The second kappa shape index (κ2) is 5.07. The minimum Gasteiger partial charge on any atom is -0.489 e. The van der Waals surface area contributed by atoms with Gasteiger partial charge >= 0.3 is 0 Å². The maximum absolute atomic E-state index is 9.18. The predicted molar refractivity (Wildman–Crippen MR) is 50.7 cm³/mol. The van der Waals surface area contributed by atoms with Crippen LogP contribution in [-0.4, -0.2) is 24.4 Å². The molecule has 0 amide bonds. The first-order chi connectivity index (χ1) is 6.24. The lowest BCUT2D eigenvalue weighted by Gasteiger charge is -2.09. The van der Waals surface area contributed by atoms with Crippen molar-refractivity contribution in [2.24, 2.45) is 0 Å². The average molecular weight is 203 g/mol. The lowest BCUT2D eigenvalue weighted by molar-refractivity contribution is -0.384. The number of aliphatic hydroxyl groups excluding tert-OH is 1. The summed E-state index contributed by atoms with van der Waals surface area (Å²) in [6, 6.07) is 7.16. The lowest BCUT2D eigenvalue weighted by atomic mass is 10.3. The summed E-state index contributed by atoms with van der Waals surface area (Å²) in [5.74, 6) is 0.594. The third-order valence-electron chi connectivity index (χ3n) is 1.60. The van der Waals surface area contributed by atoms with Gasteiger partial charge in [-0.05, 0) is 12.1 Å². The SMILES string of the molecule is [NH3+]C[C@@H](O)COc1ccccc1Cl. The van der Waals surface area contributed by atoms with Crippen molar-refractivity contribution >= 4 is 11.6 Å². The molecule has 0 aliphatic heterocycles. The number of aliphatic hydroxyl groups is 1. The minimum atomic E-state index is -0.531. The molecule has 13 heavy (non-hydrogen) atoms. The smallest absolute Gasteiger partial charge is 0.138 e. The molecular formula is C9H13ClNO2+. The van der Waals surface area contributed by atoms with E-state index >= 15 is 0 Å². The Morgan fingerprint density at radius 3 is 2.77 bits per heavy atom. The molecular weight excluding hydrogens is 190 g/mol. The van der Waals surface area contributed by atoms with Crippen molar-refractivity contribution in [3.8, 4) is 5.75 Å². The Morgan fingerprint density at radius 2 is 2.15 bits per heavy atom. The molecule has 1 rings (SSSR count). The average Bonchev–Trinajstić information content (AvgIpc) is 2.16. The molecule has 0 saturated heterocycles. The van der Waals surface area contributed by atoms with Gasteiger partial charge in [-0.3, -0.25) is 0 Å². The summed E-state index contributed by atoms with van der Waals surface area (Å²) >= 11 is 5.83. The Labute approximate surface area is 82.1 Å². The van der Waals surface area contributed by atoms with Gasteiger partial charge in [0.1, 0.15) is 25.0 Å². The number of rotatable bonds is 4. The van der Waals surface area contributed by atoms with Crippen molar-refractivity contribution in [2.75, 3.05) is 13.2 Å². The molecule has 0 aliphatic rings. The minimum absolute atomic E-state index is 0.229. The molecule has 0 saturated carbocycles. The third-order valence-corrected chi connectivity index (χ3v) is 1.91. The Hall–Kier alpha value is -0.770. The largest absolute Gasteiger partial charge is 0.489 e. The molecule has 0 heterocycles. The van der Waals surface area contributed by atoms with Crippen molar-refractivity contribution in [1.29, 1.82) is 0 Å². The Bertz CT molecular complexity index is 268. The molecule has 0 aliphatic carbocycles. The van der Waals surface area contributed by atoms with Gasteiger partial charge in [0, 0.05) is 0 Å². The Kier molecular flexibility index (Phi) is 4.02.